The van der Waals surface area contributed by atoms with Crippen molar-refractivity contribution in [2.24, 2.45) is 0 Å². The molecule has 1 aromatic carbocycles. The highest BCUT2D eigenvalue weighted by molar-refractivity contribution is 5.79. The first-order chi connectivity index (χ1) is 6.70. The van der Waals surface area contributed by atoms with Crippen LogP contribution in [0.3, 0.4) is 0 Å². The molecule has 2 rings (SSSR count). The van der Waals surface area contributed by atoms with Crippen LogP contribution in [0.2, 0.25) is 0 Å². The van der Waals surface area contributed by atoms with E-state index in [9.17, 15) is 8.78 Å². The fraction of sp³-hybridized carbons (Fsp3) is 0. The van der Waals surface area contributed by atoms with Gasteiger partial charge in [0.25, 0.3) is 0 Å². The molecule has 0 N–H and O–H groups in total. The summed E-state index contributed by atoms with van der Waals surface area (Å²) in [5, 5.41) is 0.578. The average molecular weight is 191 g/mol. The maximum atomic E-state index is 12.8. The monoisotopic (exact) mass is 191 g/mol. The van der Waals surface area contributed by atoms with Crippen LogP contribution in [-0.2, 0) is 0 Å². The third kappa shape index (κ3) is 1.37. The molecule has 0 atom stereocenters. The molecule has 2 aromatic rings. The van der Waals surface area contributed by atoms with Crippen molar-refractivity contribution in [1.82, 2.24) is 4.98 Å². The molecular weight excluding hydrogens is 184 g/mol. The summed E-state index contributed by atoms with van der Waals surface area (Å²) in [6, 6.07) is 5.59. The molecule has 0 aliphatic carbocycles. The largest absolute Gasteiger partial charge is 0.248 e. The Hall–Kier alpha value is -1.77. The van der Waals surface area contributed by atoms with Gasteiger partial charge in [-0.2, -0.15) is 0 Å². The molecule has 0 unspecified atom stereocenters. The third-order valence-corrected chi connectivity index (χ3v) is 1.96. The van der Waals surface area contributed by atoms with E-state index in [1.54, 1.807) is 18.2 Å². The van der Waals surface area contributed by atoms with Crippen LogP contribution in [0, 0.1) is 11.6 Å². The van der Waals surface area contributed by atoms with Crippen LogP contribution in [-0.4, -0.2) is 4.98 Å². The third-order valence-electron chi connectivity index (χ3n) is 1.96. The van der Waals surface area contributed by atoms with Gasteiger partial charge in [-0.25, -0.2) is 13.8 Å². The minimum atomic E-state index is -0.883. The lowest BCUT2D eigenvalue weighted by atomic mass is 10.2. The number of benzene rings is 1. The van der Waals surface area contributed by atoms with E-state index in [0.29, 0.717) is 16.6 Å². The Balaban J connectivity index is 2.76. The second-order valence-electron chi connectivity index (χ2n) is 2.90. The molecule has 3 heteroatoms. The molecule has 0 radical (unpaired) electrons. The summed E-state index contributed by atoms with van der Waals surface area (Å²) in [5.74, 6) is -1.74. The summed E-state index contributed by atoms with van der Waals surface area (Å²) in [6.07, 6.45) is 1.56. The zero-order chi connectivity index (χ0) is 10.1. The van der Waals surface area contributed by atoms with E-state index < -0.39 is 11.6 Å². The molecule has 0 bridgehead atoms. The van der Waals surface area contributed by atoms with E-state index in [0.717, 1.165) is 12.1 Å². The number of halogens is 2. The van der Waals surface area contributed by atoms with Crippen molar-refractivity contribution in [1.29, 1.82) is 0 Å². The summed E-state index contributed by atoms with van der Waals surface area (Å²) in [6.45, 7) is 3.55. The summed E-state index contributed by atoms with van der Waals surface area (Å²) in [5.41, 5.74) is 1.07. The molecule has 0 saturated carbocycles. The van der Waals surface area contributed by atoms with Crippen molar-refractivity contribution in [2.75, 3.05) is 0 Å². The molecule has 1 nitrogen and oxygen atoms in total. The van der Waals surface area contributed by atoms with Gasteiger partial charge in [0.2, 0.25) is 0 Å². The number of pyridine rings is 1. The topological polar surface area (TPSA) is 12.9 Å². The lowest BCUT2D eigenvalue weighted by Gasteiger charge is -1.99. The van der Waals surface area contributed by atoms with E-state index in [1.807, 2.05) is 0 Å². The van der Waals surface area contributed by atoms with Crippen LogP contribution in [0.4, 0.5) is 8.78 Å². The maximum absolute atomic E-state index is 12.8. The minimum absolute atomic E-state index is 0.432. The Bertz CT molecular complexity index is 506. The molecule has 1 aromatic heterocycles. The standard InChI is InChI=1S/C11H7F2N/c1-2-8-4-3-7-5-9(12)10(13)6-11(7)14-8/h2-6H,1H2. The first-order valence-electron chi connectivity index (χ1n) is 4.09. The van der Waals surface area contributed by atoms with Crippen LogP contribution >= 0.6 is 0 Å². The molecule has 0 amide bonds. The van der Waals surface area contributed by atoms with Crippen LogP contribution in [0.1, 0.15) is 5.69 Å². The van der Waals surface area contributed by atoms with Crippen molar-refractivity contribution < 1.29 is 8.78 Å². The summed E-state index contributed by atoms with van der Waals surface area (Å²) < 4.78 is 25.7. The van der Waals surface area contributed by atoms with Gasteiger partial charge in [0, 0.05) is 11.5 Å². The van der Waals surface area contributed by atoms with Gasteiger partial charge < -0.3 is 0 Å². The summed E-state index contributed by atoms with van der Waals surface area (Å²) >= 11 is 0. The summed E-state index contributed by atoms with van der Waals surface area (Å²) in [7, 11) is 0. The zero-order valence-electron chi connectivity index (χ0n) is 7.30. The van der Waals surface area contributed by atoms with Crippen LogP contribution in [0.15, 0.2) is 30.8 Å². The van der Waals surface area contributed by atoms with E-state index in [-0.39, 0.29) is 0 Å². The molecule has 14 heavy (non-hydrogen) atoms. The SMILES string of the molecule is C=Cc1ccc2cc(F)c(F)cc2n1. The lowest BCUT2D eigenvalue weighted by Crippen LogP contribution is -1.88. The number of rotatable bonds is 1. The first-order valence-corrected chi connectivity index (χ1v) is 4.09. The highest BCUT2D eigenvalue weighted by Gasteiger charge is 2.04. The Morgan fingerprint density at radius 2 is 1.86 bits per heavy atom. The fourth-order valence-electron chi connectivity index (χ4n) is 1.25. The Kier molecular flexibility index (Phi) is 2.00. The van der Waals surface area contributed by atoms with E-state index in [1.165, 1.54) is 0 Å². The highest BCUT2D eigenvalue weighted by Crippen LogP contribution is 2.17. The lowest BCUT2D eigenvalue weighted by molar-refractivity contribution is 0.510. The van der Waals surface area contributed by atoms with Gasteiger partial charge in [-0.1, -0.05) is 12.6 Å². The van der Waals surface area contributed by atoms with Crippen molar-refractivity contribution >= 4 is 17.0 Å². The smallest absolute Gasteiger partial charge is 0.161 e. The Morgan fingerprint density at radius 1 is 1.14 bits per heavy atom. The molecule has 0 aliphatic heterocycles. The maximum Gasteiger partial charge on any atom is 0.161 e. The van der Waals surface area contributed by atoms with Crippen molar-refractivity contribution in [3.63, 3.8) is 0 Å². The first kappa shape index (κ1) is 8.81. The molecule has 0 fully saturated rings. The van der Waals surface area contributed by atoms with Gasteiger partial charge in [0.1, 0.15) is 0 Å². The number of fused-ring (bicyclic) bond motifs is 1. The van der Waals surface area contributed by atoms with E-state index >= 15 is 0 Å². The van der Waals surface area contributed by atoms with Crippen molar-refractivity contribution in [3.8, 4) is 0 Å². The Morgan fingerprint density at radius 3 is 2.57 bits per heavy atom. The highest BCUT2D eigenvalue weighted by atomic mass is 19.2. The average Bonchev–Trinajstić information content (AvgIpc) is 2.19. The van der Waals surface area contributed by atoms with Gasteiger partial charge >= 0.3 is 0 Å². The second kappa shape index (κ2) is 3.18. The van der Waals surface area contributed by atoms with Gasteiger partial charge in [-0.3, -0.25) is 0 Å². The number of aromatic nitrogens is 1. The van der Waals surface area contributed by atoms with E-state index in [4.69, 9.17) is 0 Å². The van der Waals surface area contributed by atoms with E-state index in [2.05, 4.69) is 11.6 Å². The normalized spacial score (nSPS) is 10.4. The van der Waals surface area contributed by atoms with Crippen LogP contribution in [0.5, 0.6) is 0 Å². The number of hydrogen-bond donors (Lipinski definition) is 0. The molecule has 0 saturated heterocycles. The Labute approximate surface area is 79.7 Å². The minimum Gasteiger partial charge on any atom is -0.248 e. The van der Waals surface area contributed by atoms with Gasteiger partial charge in [-0.15, -0.1) is 0 Å². The predicted molar refractivity (Wildman–Crippen MR) is 51.8 cm³/mol. The molecule has 0 spiro atoms. The van der Waals surface area contributed by atoms with Crippen molar-refractivity contribution in [3.05, 3.63) is 48.2 Å². The second-order valence-corrected chi connectivity index (χ2v) is 2.90. The summed E-state index contributed by atoms with van der Waals surface area (Å²) in [4.78, 5) is 4.07. The number of nitrogens with zero attached hydrogens (tertiary/aromatic N) is 1. The predicted octanol–water partition coefficient (Wildman–Crippen LogP) is 3.16. The number of hydrogen-bond acceptors (Lipinski definition) is 1. The van der Waals surface area contributed by atoms with Gasteiger partial charge in [-0.05, 0) is 18.2 Å². The quantitative estimate of drug-likeness (QED) is 0.674. The molecule has 0 aliphatic rings. The van der Waals surface area contributed by atoms with Gasteiger partial charge in [0.15, 0.2) is 11.6 Å². The molecular formula is C11H7F2N. The molecule has 1 heterocycles. The fourth-order valence-corrected chi connectivity index (χ4v) is 1.25. The van der Waals surface area contributed by atoms with Gasteiger partial charge in [0.05, 0.1) is 11.2 Å². The zero-order valence-corrected chi connectivity index (χ0v) is 7.30. The van der Waals surface area contributed by atoms with Crippen LogP contribution in [0.25, 0.3) is 17.0 Å². The van der Waals surface area contributed by atoms with Crippen LogP contribution < -0.4 is 0 Å². The molecule has 70 valence electrons. The van der Waals surface area contributed by atoms with Crippen molar-refractivity contribution in [2.45, 2.75) is 0 Å².